The van der Waals surface area contributed by atoms with Crippen molar-refractivity contribution in [1.82, 2.24) is 5.32 Å². The Morgan fingerprint density at radius 1 is 1.50 bits per heavy atom. The van der Waals surface area contributed by atoms with E-state index >= 15 is 0 Å². The van der Waals surface area contributed by atoms with Gasteiger partial charge in [0.2, 0.25) is 6.41 Å². The Morgan fingerprint density at radius 2 is 2.12 bits per heavy atom. The summed E-state index contributed by atoms with van der Waals surface area (Å²) in [4.78, 5) is 19.4. The van der Waals surface area contributed by atoms with Crippen LogP contribution in [0.4, 0.5) is 0 Å². The molecule has 0 aromatic heterocycles. The van der Waals surface area contributed by atoms with Gasteiger partial charge in [0, 0.05) is 0 Å². The number of hydrogen-bond acceptors (Lipinski definition) is 2. The van der Waals surface area contributed by atoms with Crippen molar-refractivity contribution in [2.75, 3.05) is 0 Å². The van der Waals surface area contributed by atoms with Gasteiger partial charge >= 0.3 is 0 Å². The second-order valence-corrected chi connectivity index (χ2v) is 1.18. The molecule has 8 heavy (non-hydrogen) atoms. The van der Waals surface area contributed by atoms with Gasteiger partial charge in [0.25, 0.3) is 0 Å². The number of nitrogens with one attached hydrogen (secondary N) is 1. The molecule has 1 amide bonds. The minimum atomic E-state index is -0.535. The fourth-order valence-corrected chi connectivity index (χ4v) is 0.241. The van der Waals surface area contributed by atoms with Gasteiger partial charge in [-0.2, -0.15) is 0 Å². The summed E-state index contributed by atoms with van der Waals surface area (Å²) in [6.45, 7) is 3.30. The molecule has 1 atom stereocenters. The smallest absolute Gasteiger partial charge is 0.207 e. The number of rotatable bonds is 4. The number of hydrogen-bond donors (Lipinski definition) is 1. The molecular weight excluding hydrogens is 106 g/mol. The summed E-state index contributed by atoms with van der Waals surface area (Å²) in [6.07, 6.45) is 2.41. The third-order valence-electron chi connectivity index (χ3n) is 0.661. The summed E-state index contributed by atoms with van der Waals surface area (Å²) >= 11 is 0. The molecule has 0 saturated heterocycles. The van der Waals surface area contributed by atoms with Gasteiger partial charge in [-0.05, 0) is 0 Å². The van der Waals surface area contributed by atoms with Crippen molar-refractivity contribution in [2.24, 2.45) is 0 Å². The van der Waals surface area contributed by atoms with Crippen molar-refractivity contribution < 1.29 is 9.59 Å². The molecule has 0 aliphatic carbocycles. The van der Waals surface area contributed by atoms with Crippen LogP contribution in [0.1, 0.15) is 0 Å². The van der Waals surface area contributed by atoms with E-state index in [9.17, 15) is 9.59 Å². The van der Waals surface area contributed by atoms with Crippen molar-refractivity contribution in [2.45, 2.75) is 6.04 Å². The first-order chi connectivity index (χ1) is 3.85. The maximum atomic E-state index is 9.83. The standard InChI is InChI=1S/C5H7NO2/c1-2-5(3-7)6-4-8/h2-5H,1H2,(H,6,8). The van der Waals surface area contributed by atoms with E-state index in [-0.39, 0.29) is 0 Å². The molecule has 1 N–H and O–H groups in total. The molecule has 0 fully saturated rings. The zero-order valence-electron chi connectivity index (χ0n) is 4.33. The second kappa shape index (κ2) is 4.05. The van der Waals surface area contributed by atoms with Crippen LogP contribution >= 0.6 is 0 Å². The minimum Gasteiger partial charge on any atom is -0.346 e. The third-order valence-corrected chi connectivity index (χ3v) is 0.661. The summed E-state index contributed by atoms with van der Waals surface area (Å²) in [6, 6.07) is -0.535. The Morgan fingerprint density at radius 3 is 2.25 bits per heavy atom. The largest absolute Gasteiger partial charge is 0.346 e. The molecule has 0 aliphatic heterocycles. The highest BCUT2D eigenvalue weighted by atomic mass is 16.1. The van der Waals surface area contributed by atoms with Gasteiger partial charge in [-0.3, -0.25) is 4.79 Å². The molecule has 3 nitrogen and oxygen atoms in total. The molecule has 0 bridgehead atoms. The van der Waals surface area contributed by atoms with Gasteiger partial charge in [0.1, 0.15) is 12.3 Å². The molecule has 0 radical (unpaired) electrons. The van der Waals surface area contributed by atoms with Gasteiger partial charge in [-0.1, -0.05) is 6.08 Å². The summed E-state index contributed by atoms with van der Waals surface area (Å²) in [5.74, 6) is 0. The van der Waals surface area contributed by atoms with Crippen LogP contribution in [0.3, 0.4) is 0 Å². The fourth-order valence-electron chi connectivity index (χ4n) is 0.241. The van der Waals surface area contributed by atoms with Crippen LogP contribution in [-0.2, 0) is 9.59 Å². The van der Waals surface area contributed by atoms with E-state index in [1.807, 2.05) is 0 Å². The van der Waals surface area contributed by atoms with Crippen molar-refractivity contribution in [3.63, 3.8) is 0 Å². The molecule has 0 aliphatic rings. The average Bonchev–Trinajstić information content (AvgIpc) is 1.83. The molecule has 0 spiro atoms. The van der Waals surface area contributed by atoms with Gasteiger partial charge in [0.15, 0.2) is 0 Å². The zero-order chi connectivity index (χ0) is 6.41. The highest BCUT2D eigenvalue weighted by Gasteiger charge is 1.94. The molecule has 3 heteroatoms. The predicted molar refractivity (Wildman–Crippen MR) is 29.2 cm³/mol. The van der Waals surface area contributed by atoms with E-state index in [1.165, 1.54) is 6.08 Å². The Bertz CT molecular complexity index is 92.6. The molecule has 44 valence electrons. The van der Waals surface area contributed by atoms with E-state index < -0.39 is 6.04 Å². The molecule has 0 heterocycles. The quantitative estimate of drug-likeness (QED) is 0.394. The Kier molecular flexibility index (Phi) is 3.48. The lowest BCUT2D eigenvalue weighted by Gasteiger charge is -1.97. The van der Waals surface area contributed by atoms with E-state index in [0.717, 1.165) is 0 Å². The van der Waals surface area contributed by atoms with Gasteiger partial charge in [0.05, 0.1) is 0 Å². The third kappa shape index (κ3) is 2.12. The number of carbonyl (C=O) groups excluding carboxylic acids is 2. The number of carbonyl (C=O) groups is 2. The van der Waals surface area contributed by atoms with Crippen LogP contribution in [0, 0.1) is 0 Å². The Balaban J connectivity index is 3.50. The highest BCUT2D eigenvalue weighted by molar-refractivity contribution is 5.65. The minimum absolute atomic E-state index is 0.459. The SMILES string of the molecule is C=CC(C=O)NC=O. The first kappa shape index (κ1) is 6.88. The van der Waals surface area contributed by atoms with Crippen LogP contribution < -0.4 is 5.32 Å². The maximum absolute atomic E-state index is 9.83. The molecular formula is C5H7NO2. The van der Waals surface area contributed by atoms with Gasteiger partial charge in [-0.15, -0.1) is 6.58 Å². The number of aldehydes is 1. The van der Waals surface area contributed by atoms with Crippen LogP contribution in [-0.4, -0.2) is 18.7 Å². The van der Waals surface area contributed by atoms with Crippen molar-refractivity contribution in [3.05, 3.63) is 12.7 Å². The van der Waals surface area contributed by atoms with Crippen LogP contribution in [0.5, 0.6) is 0 Å². The Labute approximate surface area is 47.4 Å². The van der Waals surface area contributed by atoms with E-state index in [0.29, 0.717) is 12.7 Å². The van der Waals surface area contributed by atoms with Crippen molar-refractivity contribution in [1.29, 1.82) is 0 Å². The lowest BCUT2D eigenvalue weighted by Crippen LogP contribution is -2.26. The predicted octanol–water partition coefficient (Wildman–Crippen LogP) is -0.514. The van der Waals surface area contributed by atoms with E-state index in [2.05, 4.69) is 11.9 Å². The summed E-state index contributed by atoms with van der Waals surface area (Å²) in [5, 5.41) is 2.22. The van der Waals surface area contributed by atoms with Crippen molar-refractivity contribution in [3.8, 4) is 0 Å². The van der Waals surface area contributed by atoms with E-state index in [4.69, 9.17) is 0 Å². The van der Waals surface area contributed by atoms with Crippen LogP contribution in [0.15, 0.2) is 12.7 Å². The monoisotopic (exact) mass is 113 g/mol. The Hall–Kier alpha value is -1.12. The maximum Gasteiger partial charge on any atom is 0.207 e. The topological polar surface area (TPSA) is 46.2 Å². The first-order valence-corrected chi connectivity index (χ1v) is 2.12. The first-order valence-electron chi connectivity index (χ1n) is 2.12. The molecule has 0 aromatic rings. The lowest BCUT2D eigenvalue weighted by molar-refractivity contribution is -0.114. The zero-order valence-corrected chi connectivity index (χ0v) is 4.33. The molecule has 1 unspecified atom stereocenters. The average molecular weight is 113 g/mol. The summed E-state index contributed by atoms with van der Waals surface area (Å²) in [5.41, 5.74) is 0. The van der Waals surface area contributed by atoms with Crippen LogP contribution in [0.25, 0.3) is 0 Å². The lowest BCUT2D eigenvalue weighted by atomic mass is 10.3. The molecule has 0 aromatic carbocycles. The fraction of sp³-hybridized carbons (Fsp3) is 0.200. The normalized spacial score (nSPS) is 11.5. The van der Waals surface area contributed by atoms with Crippen LogP contribution in [0.2, 0.25) is 0 Å². The highest BCUT2D eigenvalue weighted by Crippen LogP contribution is 1.72. The van der Waals surface area contributed by atoms with Gasteiger partial charge in [-0.25, -0.2) is 0 Å². The van der Waals surface area contributed by atoms with Gasteiger partial charge < -0.3 is 10.1 Å². The summed E-state index contributed by atoms with van der Waals surface area (Å²) < 4.78 is 0. The second-order valence-electron chi connectivity index (χ2n) is 1.18. The van der Waals surface area contributed by atoms with Crippen molar-refractivity contribution >= 4 is 12.7 Å². The molecule has 0 rings (SSSR count). The molecule has 0 saturated carbocycles. The number of amides is 1. The summed E-state index contributed by atoms with van der Waals surface area (Å²) in [7, 11) is 0. The van der Waals surface area contributed by atoms with E-state index in [1.54, 1.807) is 0 Å².